The molecule has 1 aliphatic heterocycles. The average Bonchev–Trinajstić information content (AvgIpc) is 2.47. The van der Waals surface area contributed by atoms with E-state index >= 15 is 0 Å². The van der Waals surface area contributed by atoms with Crippen molar-refractivity contribution in [2.45, 2.75) is 9.79 Å². The molecule has 0 fully saturated rings. The fourth-order valence-corrected chi connectivity index (χ4v) is 3.78. The number of nitrogens with two attached hydrogens (primary N) is 1. The monoisotopic (exact) mass is 247 g/mol. The van der Waals surface area contributed by atoms with Crippen LogP contribution in [0.25, 0.3) is 11.1 Å². The first-order valence-electron chi connectivity index (χ1n) is 5.11. The van der Waals surface area contributed by atoms with E-state index in [2.05, 4.69) is 5.73 Å². The number of quaternary nitrogens is 1. The molecule has 0 amide bonds. The van der Waals surface area contributed by atoms with Crippen LogP contribution in [0, 0.1) is 0 Å². The summed E-state index contributed by atoms with van der Waals surface area (Å²) in [5.74, 6) is 0. The molecule has 5 heteroatoms. The van der Waals surface area contributed by atoms with Crippen LogP contribution in [0.5, 0.6) is 0 Å². The molecule has 0 radical (unpaired) electrons. The highest BCUT2D eigenvalue weighted by Gasteiger charge is 2.33. The van der Waals surface area contributed by atoms with Crippen molar-refractivity contribution in [2.75, 3.05) is 5.73 Å². The first-order valence-corrected chi connectivity index (χ1v) is 6.59. The minimum absolute atomic E-state index is 0.326. The van der Waals surface area contributed by atoms with Gasteiger partial charge in [0.25, 0.3) is 0 Å². The molecule has 3 rings (SSSR count). The normalized spacial score (nSPS) is 15.4. The summed E-state index contributed by atoms with van der Waals surface area (Å²) in [6, 6.07) is 9.93. The Bertz CT molecular complexity index is 679. The summed E-state index contributed by atoms with van der Waals surface area (Å²) in [5, 5.41) is 0. The van der Waals surface area contributed by atoms with Crippen LogP contribution in [0.4, 0.5) is 11.4 Å². The molecule has 0 saturated heterocycles. The van der Waals surface area contributed by atoms with Crippen molar-refractivity contribution in [2.24, 2.45) is 0 Å². The lowest BCUT2D eigenvalue weighted by Crippen LogP contribution is -2.40. The predicted octanol–water partition coefficient (Wildman–Crippen LogP) is 0.955. The Kier molecular flexibility index (Phi) is 1.87. The molecule has 0 aromatic heterocycles. The lowest BCUT2D eigenvalue weighted by molar-refractivity contribution is -0.254. The Hall–Kier alpha value is -1.85. The van der Waals surface area contributed by atoms with Crippen LogP contribution >= 0.6 is 0 Å². The summed E-state index contributed by atoms with van der Waals surface area (Å²) in [4.78, 5) is 0.665. The molecule has 4 nitrogen and oxygen atoms in total. The van der Waals surface area contributed by atoms with Gasteiger partial charge >= 0.3 is 0 Å². The maximum absolute atomic E-state index is 12.2. The number of sulfone groups is 1. The molecule has 0 spiro atoms. The van der Waals surface area contributed by atoms with Crippen LogP contribution in [0.15, 0.2) is 46.2 Å². The van der Waals surface area contributed by atoms with E-state index in [1.165, 1.54) is 0 Å². The van der Waals surface area contributed by atoms with E-state index in [1.54, 1.807) is 36.4 Å². The van der Waals surface area contributed by atoms with E-state index in [0.717, 1.165) is 5.69 Å². The Balaban J connectivity index is 2.48. The van der Waals surface area contributed by atoms with Crippen LogP contribution in [-0.4, -0.2) is 8.42 Å². The van der Waals surface area contributed by atoms with E-state index < -0.39 is 9.84 Å². The molecule has 86 valence electrons. The van der Waals surface area contributed by atoms with Gasteiger partial charge in [0.2, 0.25) is 9.84 Å². The third kappa shape index (κ3) is 1.30. The topological polar surface area (TPSA) is 87.8 Å². The summed E-state index contributed by atoms with van der Waals surface area (Å²) in [6.07, 6.45) is 0. The SMILES string of the molecule is Nc1ccc2c(c1)-c1cc([NH3+])ccc1S2(=O)=O. The van der Waals surface area contributed by atoms with Crippen molar-refractivity contribution in [3.05, 3.63) is 36.4 Å². The van der Waals surface area contributed by atoms with Crippen LogP contribution in [0.2, 0.25) is 0 Å². The molecule has 0 unspecified atom stereocenters. The van der Waals surface area contributed by atoms with Gasteiger partial charge in [0.1, 0.15) is 5.69 Å². The number of rotatable bonds is 0. The Labute approximate surface area is 98.8 Å². The number of benzene rings is 2. The van der Waals surface area contributed by atoms with E-state index in [9.17, 15) is 8.42 Å². The second-order valence-electron chi connectivity index (χ2n) is 4.09. The molecule has 1 heterocycles. The zero-order valence-electron chi connectivity index (χ0n) is 8.97. The molecule has 0 saturated carbocycles. The first kappa shape index (κ1) is 10.3. The lowest BCUT2D eigenvalue weighted by atomic mass is 10.0. The van der Waals surface area contributed by atoms with Crippen LogP contribution in [0.1, 0.15) is 0 Å². The summed E-state index contributed by atoms with van der Waals surface area (Å²) < 4.78 is 24.5. The largest absolute Gasteiger partial charge is 0.399 e. The second kappa shape index (κ2) is 3.09. The highest BCUT2D eigenvalue weighted by molar-refractivity contribution is 7.92. The van der Waals surface area contributed by atoms with E-state index in [4.69, 9.17) is 5.73 Å². The zero-order valence-corrected chi connectivity index (χ0v) is 9.79. The van der Waals surface area contributed by atoms with Crippen molar-refractivity contribution in [1.82, 2.24) is 0 Å². The van der Waals surface area contributed by atoms with Gasteiger partial charge in [-0.1, -0.05) is 0 Å². The molecule has 2 aromatic rings. The van der Waals surface area contributed by atoms with Crippen LogP contribution in [-0.2, 0) is 9.84 Å². The van der Waals surface area contributed by atoms with Crippen molar-refractivity contribution in [3.63, 3.8) is 0 Å². The average molecular weight is 247 g/mol. The summed E-state index contributed by atoms with van der Waals surface area (Å²) in [7, 11) is -3.38. The highest BCUT2D eigenvalue weighted by Crippen LogP contribution is 2.44. The summed E-state index contributed by atoms with van der Waals surface area (Å²) in [5.41, 5.74) is 12.2. The Morgan fingerprint density at radius 3 is 2.24 bits per heavy atom. The Morgan fingerprint density at radius 1 is 0.941 bits per heavy atom. The summed E-state index contributed by atoms with van der Waals surface area (Å²) >= 11 is 0. The third-order valence-electron chi connectivity index (χ3n) is 2.92. The molecule has 0 bridgehead atoms. The lowest BCUT2D eigenvalue weighted by Gasteiger charge is -1.99. The summed E-state index contributed by atoms with van der Waals surface area (Å²) in [6.45, 7) is 0. The van der Waals surface area contributed by atoms with Gasteiger partial charge in [-0.3, -0.25) is 0 Å². The molecule has 5 N–H and O–H groups in total. The van der Waals surface area contributed by atoms with E-state index in [1.807, 2.05) is 0 Å². The number of hydrogen-bond donors (Lipinski definition) is 2. The van der Waals surface area contributed by atoms with Crippen LogP contribution in [0.3, 0.4) is 0 Å². The molecule has 17 heavy (non-hydrogen) atoms. The number of nitrogen functional groups attached to an aromatic ring is 1. The molecular weight excluding hydrogens is 236 g/mol. The maximum Gasteiger partial charge on any atom is 0.207 e. The predicted molar refractivity (Wildman–Crippen MR) is 64.3 cm³/mol. The van der Waals surface area contributed by atoms with Gasteiger partial charge in [-0.05, 0) is 24.3 Å². The maximum atomic E-state index is 12.2. The minimum Gasteiger partial charge on any atom is -0.399 e. The number of anilines is 1. The molecule has 2 aromatic carbocycles. The highest BCUT2D eigenvalue weighted by atomic mass is 32.2. The first-order chi connectivity index (χ1) is 8.00. The van der Waals surface area contributed by atoms with Gasteiger partial charge in [0.05, 0.1) is 9.79 Å². The van der Waals surface area contributed by atoms with Crippen molar-refractivity contribution < 1.29 is 14.2 Å². The van der Waals surface area contributed by atoms with Crippen molar-refractivity contribution in [3.8, 4) is 11.1 Å². The van der Waals surface area contributed by atoms with Gasteiger partial charge in [-0.2, -0.15) is 0 Å². The molecule has 0 atom stereocenters. The zero-order chi connectivity index (χ0) is 12.2. The Morgan fingerprint density at radius 2 is 1.53 bits per heavy atom. The van der Waals surface area contributed by atoms with Crippen LogP contribution < -0.4 is 11.5 Å². The molecular formula is C12H11N2O2S+. The fraction of sp³-hybridized carbons (Fsp3) is 0. The minimum atomic E-state index is -3.38. The number of hydrogen-bond acceptors (Lipinski definition) is 3. The van der Waals surface area contributed by atoms with Gasteiger partial charge in [-0.25, -0.2) is 8.42 Å². The van der Waals surface area contributed by atoms with Gasteiger partial charge in [0.15, 0.2) is 0 Å². The van der Waals surface area contributed by atoms with Gasteiger partial charge in [0, 0.05) is 28.9 Å². The van der Waals surface area contributed by atoms with Crippen molar-refractivity contribution in [1.29, 1.82) is 0 Å². The molecule has 0 aliphatic carbocycles. The van der Waals surface area contributed by atoms with Crippen molar-refractivity contribution >= 4 is 21.2 Å². The number of fused-ring (bicyclic) bond motifs is 3. The van der Waals surface area contributed by atoms with Gasteiger partial charge < -0.3 is 11.5 Å². The van der Waals surface area contributed by atoms with E-state index in [-0.39, 0.29) is 0 Å². The molecule has 1 aliphatic rings. The fourth-order valence-electron chi connectivity index (χ4n) is 2.13. The standard InChI is InChI=1S/C12H10N2O2S/c13-7-1-3-11-9(5-7)10-6-8(14)2-4-12(10)17(11,15)16/h1-6H,13-14H2/p+1. The quantitative estimate of drug-likeness (QED) is 0.580. The van der Waals surface area contributed by atoms with Gasteiger partial charge in [-0.15, -0.1) is 0 Å². The third-order valence-corrected chi connectivity index (χ3v) is 4.79. The second-order valence-corrected chi connectivity index (χ2v) is 5.98. The van der Waals surface area contributed by atoms with E-state index in [0.29, 0.717) is 26.6 Å². The smallest absolute Gasteiger partial charge is 0.207 e.